The Kier molecular flexibility index (Phi) is 5.15. The monoisotopic (exact) mass is 131 g/mol. The van der Waals surface area contributed by atoms with Crippen LogP contribution in [0.5, 0.6) is 0 Å². The first-order chi connectivity index (χ1) is 4.31. The lowest BCUT2D eigenvalue weighted by Gasteiger charge is -1.96. The molecule has 4 nitrogen and oxygen atoms in total. The number of nitrogens with one attached hydrogen (secondary N) is 2. The Morgan fingerprint density at radius 2 is 2.44 bits per heavy atom. The molecule has 53 valence electrons. The second-order valence-corrected chi connectivity index (χ2v) is 1.63. The Bertz CT molecular complexity index is 85.0. The number of hydrogen-bond donors (Lipinski definition) is 1. The lowest BCUT2D eigenvalue weighted by Crippen LogP contribution is -2.17. The standard InChI is InChI=1S/C5H11N2O2/c1-7-5(8)3-2-4-9-6/h6H,2-4H2,1H3,(H,7,8). The molecule has 0 unspecified atom stereocenters. The van der Waals surface area contributed by atoms with Crippen LogP contribution >= 0.6 is 0 Å². The van der Waals surface area contributed by atoms with Crippen LogP contribution in [0.4, 0.5) is 0 Å². The van der Waals surface area contributed by atoms with Crippen molar-refractivity contribution in [3.8, 4) is 0 Å². The molecule has 0 spiro atoms. The fourth-order valence-corrected chi connectivity index (χ4v) is 0.430. The molecule has 0 rings (SSSR count). The molecule has 0 heterocycles. The molecule has 0 atom stereocenters. The van der Waals surface area contributed by atoms with Crippen molar-refractivity contribution in [2.45, 2.75) is 12.8 Å². The lowest BCUT2D eigenvalue weighted by atomic mass is 10.3. The molecule has 0 aromatic heterocycles. The zero-order valence-corrected chi connectivity index (χ0v) is 5.44. The number of amides is 1. The summed E-state index contributed by atoms with van der Waals surface area (Å²) in [6.45, 7) is 0.327. The van der Waals surface area contributed by atoms with Crippen LogP contribution in [0, 0.1) is 0 Å². The van der Waals surface area contributed by atoms with Crippen molar-refractivity contribution < 1.29 is 9.63 Å². The summed E-state index contributed by atoms with van der Waals surface area (Å²) >= 11 is 0. The Balaban J connectivity index is 2.97. The molecule has 0 bridgehead atoms. The van der Waals surface area contributed by atoms with Crippen molar-refractivity contribution >= 4 is 5.91 Å². The molecule has 0 saturated carbocycles. The Labute approximate surface area is 54.3 Å². The topological polar surface area (TPSA) is 62.1 Å². The summed E-state index contributed by atoms with van der Waals surface area (Å²) in [6.07, 6.45) is 1.05. The minimum absolute atomic E-state index is 0.00736. The number of carbonyl (C=O) groups excluding carboxylic acids is 1. The quantitative estimate of drug-likeness (QED) is 0.421. The molecule has 0 fully saturated rings. The SMILES string of the molecule is CNC(=O)CCCO[NH]. The fourth-order valence-electron chi connectivity index (χ4n) is 0.430. The maximum absolute atomic E-state index is 10.5. The van der Waals surface area contributed by atoms with Gasteiger partial charge in [0.05, 0.1) is 6.61 Å². The van der Waals surface area contributed by atoms with E-state index in [2.05, 4.69) is 10.2 Å². The average molecular weight is 131 g/mol. The maximum atomic E-state index is 10.5. The van der Waals surface area contributed by atoms with Crippen LogP contribution in [-0.4, -0.2) is 19.6 Å². The minimum atomic E-state index is -0.00736. The summed E-state index contributed by atoms with van der Waals surface area (Å²) in [7, 11) is 1.59. The lowest BCUT2D eigenvalue weighted by molar-refractivity contribution is -0.120. The predicted molar refractivity (Wildman–Crippen MR) is 32.3 cm³/mol. The van der Waals surface area contributed by atoms with Crippen LogP contribution in [0.2, 0.25) is 0 Å². The van der Waals surface area contributed by atoms with Gasteiger partial charge in [0, 0.05) is 13.5 Å². The van der Waals surface area contributed by atoms with Crippen LogP contribution in [0.15, 0.2) is 0 Å². The van der Waals surface area contributed by atoms with Gasteiger partial charge in [-0.05, 0) is 6.42 Å². The summed E-state index contributed by atoms with van der Waals surface area (Å²) in [5.74, 6) is 6.26. The van der Waals surface area contributed by atoms with Crippen molar-refractivity contribution in [1.29, 1.82) is 0 Å². The van der Waals surface area contributed by atoms with E-state index in [1.807, 2.05) is 0 Å². The van der Waals surface area contributed by atoms with E-state index >= 15 is 0 Å². The Morgan fingerprint density at radius 3 is 2.89 bits per heavy atom. The molecule has 0 aliphatic heterocycles. The van der Waals surface area contributed by atoms with Crippen LogP contribution < -0.4 is 11.2 Å². The normalized spacial score (nSPS) is 9.11. The molecule has 0 aromatic carbocycles. The first kappa shape index (κ1) is 8.39. The smallest absolute Gasteiger partial charge is 0.219 e. The van der Waals surface area contributed by atoms with Gasteiger partial charge in [-0.3, -0.25) is 9.63 Å². The van der Waals surface area contributed by atoms with E-state index in [1.165, 1.54) is 0 Å². The second kappa shape index (κ2) is 5.53. The Morgan fingerprint density at radius 1 is 1.78 bits per heavy atom. The highest BCUT2D eigenvalue weighted by molar-refractivity contribution is 5.75. The van der Waals surface area contributed by atoms with E-state index in [9.17, 15) is 4.79 Å². The molecule has 1 amide bonds. The van der Waals surface area contributed by atoms with E-state index in [1.54, 1.807) is 7.05 Å². The molecule has 2 N–H and O–H groups in total. The summed E-state index contributed by atoms with van der Waals surface area (Å²) in [5, 5.41) is 2.47. The zero-order valence-electron chi connectivity index (χ0n) is 5.44. The first-order valence-electron chi connectivity index (χ1n) is 2.80. The average Bonchev–Trinajstić information content (AvgIpc) is 1.89. The molecule has 1 radical (unpaired) electrons. The highest BCUT2D eigenvalue weighted by Crippen LogP contribution is 1.86. The highest BCUT2D eigenvalue weighted by atomic mass is 16.6. The molecule has 4 heteroatoms. The molecule has 0 aromatic rings. The van der Waals surface area contributed by atoms with Gasteiger partial charge >= 0.3 is 0 Å². The van der Waals surface area contributed by atoms with Gasteiger partial charge in [-0.1, -0.05) is 0 Å². The van der Waals surface area contributed by atoms with Crippen molar-refractivity contribution in [2.24, 2.45) is 0 Å². The largest absolute Gasteiger partial charge is 0.359 e. The van der Waals surface area contributed by atoms with Gasteiger partial charge < -0.3 is 5.32 Å². The number of hydrogen-bond acceptors (Lipinski definition) is 2. The number of carbonyl (C=O) groups is 1. The maximum Gasteiger partial charge on any atom is 0.219 e. The highest BCUT2D eigenvalue weighted by Gasteiger charge is 1.94. The van der Waals surface area contributed by atoms with Crippen LogP contribution in [-0.2, 0) is 9.63 Å². The van der Waals surface area contributed by atoms with Crippen molar-refractivity contribution in [2.75, 3.05) is 13.7 Å². The van der Waals surface area contributed by atoms with Crippen molar-refractivity contribution in [1.82, 2.24) is 11.2 Å². The van der Waals surface area contributed by atoms with Crippen LogP contribution in [0.1, 0.15) is 12.8 Å². The molecular formula is C5H11N2O2. The van der Waals surface area contributed by atoms with Gasteiger partial charge in [0.1, 0.15) is 0 Å². The summed E-state index contributed by atoms with van der Waals surface area (Å²) in [6, 6.07) is 0. The van der Waals surface area contributed by atoms with E-state index in [4.69, 9.17) is 5.90 Å². The molecule has 0 aliphatic rings. The van der Waals surface area contributed by atoms with Crippen LogP contribution in [0.25, 0.3) is 0 Å². The van der Waals surface area contributed by atoms with E-state index in [0.29, 0.717) is 19.4 Å². The third-order valence-corrected chi connectivity index (χ3v) is 0.929. The Hall–Kier alpha value is -0.610. The van der Waals surface area contributed by atoms with Gasteiger partial charge in [0.15, 0.2) is 0 Å². The van der Waals surface area contributed by atoms with E-state index < -0.39 is 0 Å². The van der Waals surface area contributed by atoms with E-state index in [0.717, 1.165) is 0 Å². The summed E-state index contributed by atoms with van der Waals surface area (Å²) in [4.78, 5) is 14.5. The van der Waals surface area contributed by atoms with Gasteiger partial charge in [-0.15, -0.1) is 5.90 Å². The van der Waals surface area contributed by atoms with E-state index in [-0.39, 0.29) is 5.91 Å². The van der Waals surface area contributed by atoms with Gasteiger partial charge in [0.25, 0.3) is 0 Å². The summed E-state index contributed by atoms with van der Waals surface area (Å²) in [5.41, 5.74) is 0. The van der Waals surface area contributed by atoms with Gasteiger partial charge in [-0.2, -0.15) is 0 Å². The molecule has 0 saturated heterocycles. The number of rotatable bonds is 4. The zero-order chi connectivity index (χ0) is 7.11. The molecule has 9 heavy (non-hydrogen) atoms. The van der Waals surface area contributed by atoms with Gasteiger partial charge in [-0.25, -0.2) is 0 Å². The third-order valence-electron chi connectivity index (χ3n) is 0.929. The minimum Gasteiger partial charge on any atom is -0.359 e. The fraction of sp³-hybridized carbons (Fsp3) is 0.800. The second-order valence-electron chi connectivity index (χ2n) is 1.63. The van der Waals surface area contributed by atoms with Crippen molar-refractivity contribution in [3.05, 3.63) is 0 Å². The molecular weight excluding hydrogens is 120 g/mol. The first-order valence-corrected chi connectivity index (χ1v) is 2.80. The van der Waals surface area contributed by atoms with Crippen molar-refractivity contribution in [3.63, 3.8) is 0 Å². The third kappa shape index (κ3) is 5.26. The summed E-state index contributed by atoms with van der Waals surface area (Å²) < 4.78 is 0. The van der Waals surface area contributed by atoms with Crippen LogP contribution in [0.3, 0.4) is 0 Å². The van der Waals surface area contributed by atoms with Gasteiger partial charge in [0.2, 0.25) is 5.91 Å². The molecule has 0 aliphatic carbocycles. The predicted octanol–water partition coefficient (Wildman–Crippen LogP) is -0.273.